The first-order valence-electron chi connectivity index (χ1n) is 6.52. The van der Waals surface area contributed by atoms with Crippen LogP contribution in [-0.2, 0) is 9.53 Å². The van der Waals surface area contributed by atoms with Crippen molar-refractivity contribution in [3.8, 4) is 0 Å². The van der Waals surface area contributed by atoms with Crippen LogP contribution in [0.2, 0.25) is 0 Å². The molecule has 20 heavy (non-hydrogen) atoms. The molecule has 1 aromatic carbocycles. The predicted octanol–water partition coefficient (Wildman–Crippen LogP) is 1.58. The van der Waals surface area contributed by atoms with Gasteiger partial charge >= 0.3 is 0 Å². The molecule has 1 fully saturated rings. The molecule has 0 unspecified atom stereocenters. The maximum Gasteiger partial charge on any atom is 0.230 e. The van der Waals surface area contributed by atoms with Gasteiger partial charge in [-0.3, -0.25) is 4.79 Å². The number of aliphatic hydroxyl groups excluding tert-OH is 1. The van der Waals surface area contributed by atoms with Gasteiger partial charge in [0.25, 0.3) is 0 Å². The van der Waals surface area contributed by atoms with E-state index in [1.807, 2.05) is 0 Å². The molecule has 1 aliphatic heterocycles. The maximum absolute atomic E-state index is 13.4. The molecule has 1 heterocycles. The Bertz CT molecular complexity index is 463. The van der Waals surface area contributed by atoms with Crippen LogP contribution < -0.4 is 5.32 Å². The number of nitrogens with one attached hydrogen (secondary N) is 1. The van der Waals surface area contributed by atoms with Gasteiger partial charge in [-0.05, 0) is 25.0 Å². The fourth-order valence-corrected chi connectivity index (χ4v) is 2.86. The Kier molecular flexibility index (Phi) is 5.39. The number of halogens is 1. The lowest BCUT2D eigenvalue weighted by molar-refractivity contribution is -0.122. The van der Waals surface area contributed by atoms with Crippen LogP contribution in [0, 0.1) is 5.82 Å². The summed E-state index contributed by atoms with van der Waals surface area (Å²) in [6.07, 6.45) is 1.19. The smallest absolute Gasteiger partial charge is 0.230 e. The van der Waals surface area contributed by atoms with Crippen LogP contribution in [0.3, 0.4) is 0 Å². The van der Waals surface area contributed by atoms with Crippen LogP contribution in [-0.4, -0.2) is 42.1 Å². The van der Waals surface area contributed by atoms with E-state index in [0.29, 0.717) is 31.0 Å². The van der Waals surface area contributed by atoms with E-state index in [-0.39, 0.29) is 24.1 Å². The highest BCUT2D eigenvalue weighted by molar-refractivity contribution is 8.00. The molecular formula is C14H18FNO3S. The summed E-state index contributed by atoms with van der Waals surface area (Å²) < 4.78 is 18.7. The van der Waals surface area contributed by atoms with E-state index in [2.05, 4.69) is 5.32 Å². The van der Waals surface area contributed by atoms with Gasteiger partial charge in [-0.2, -0.15) is 0 Å². The second-order valence-corrected chi connectivity index (χ2v) is 5.84. The molecule has 0 saturated carbocycles. The Labute approximate surface area is 121 Å². The predicted molar refractivity (Wildman–Crippen MR) is 75.1 cm³/mol. The van der Waals surface area contributed by atoms with Crippen molar-refractivity contribution >= 4 is 17.7 Å². The summed E-state index contributed by atoms with van der Waals surface area (Å²) in [4.78, 5) is 12.4. The second kappa shape index (κ2) is 7.06. The van der Waals surface area contributed by atoms with Crippen molar-refractivity contribution < 1.29 is 19.0 Å². The number of carbonyl (C=O) groups excluding carboxylic acids is 1. The standard InChI is InChI=1S/C14H18FNO3S/c15-11-3-1-2-4-12(11)20-9-13(18)16-14(10-17)5-7-19-8-6-14/h1-4,17H,5-10H2,(H,16,18). The molecule has 4 nitrogen and oxygen atoms in total. The Balaban J connectivity index is 1.87. The summed E-state index contributed by atoms with van der Waals surface area (Å²) in [5.41, 5.74) is -0.592. The van der Waals surface area contributed by atoms with Gasteiger partial charge in [-0.15, -0.1) is 11.8 Å². The van der Waals surface area contributed by atoms with E-state index in [9.17, 15) is 14.3 Å². The molecule has 0 aliphatic carbocycles. The molecule has 0 bridgehead atoms. The van der Waals surface area contributed by atoms with E-state index in [0.717, 1.165) is 11.8 Å². The number of hydrogen-bond acceptors (Lipinski definition) is 4. The number of hydrogen-bond donors (Lipinski definition) is 2. The lowest BCUT2D eigenvalue weighted by Crippen LogP contribution is -2.55. The van der Waals surface area contributed by atoms with E-state index in [1.165, 1.54) is 6.07 Å². The molecule has 1 aliphatic rings. The Morgan fingerprint density at radius 1 is 1.40 bits per heavy atom. The van der Waals surface area contributed by atoms with Crippen molar-refractivity contribution in [2.75, 3.05) is 25.6 Å². The van der Waals surface area contributed by atoms with Crippen molar-refractivity contribution in [3.63, 3.8) is 0 Å². The molecular weight excluding hydrogens is 281 g/mol. The van der Waals surface area contributed by atoms with Crippen molar-refractivity contribution in [1.82, 2.24) is 5.32 Å². The van der Waals surface area contributed by atoms with E-state index < -0.39 is 5.54 Å². The SMILES string of the molecule is O=C(CSc1ccccc1F)NC1(CO)CCOCC1. The molecule has 0 atom stereocenters. The highest BCUT2D eigenvalue weighted by Crippen LogP contribution is 2.23. The number of carbonyl (C=O) groups is 1. The minimum atomic E-state index is -0.592. The number of benzene rings is 1. The molecule has 0 radical (unpaired) electrons. The second-order valence-electron chi connectivity index (χ2n) is 4.82. The minimum absolute atomic E-state index is 0.105. The first kappa shape index (κ1) is 15.3. The molecule has 0 spiro atoms. The lowest BCUT2D eigenvalue weighted by atomic mass is 9.91. The Hall–Kier alpha value is -1.11. The molecule has 1 aromatic rings. The van der Waals surface area contributed by atoms with Gasteiger partial charge in [0.1, 0.15) is 5.82 Å². The van der Waals surface area contributed by atoms with Crippen LogP contribution >= 0.6 is 11.8 Å². The average molecular weight is 299 g/mol. The third-order valence-corrected chi connectivity index (χ3v) is 4.40. The first-order valence-corrected chi connectivity index (χ1v) is 7.51. The highest BCUT2D eigenvalue weighted by atomic mass is 32.2. The topological polar surface area (TPSA) is 58.6 Å². The number of thioether (sulfide) groups is 1. The Morgan fingerprint density at radius 2 is 2.10 bits per heavy atom. The van der Waals surface area contributed by atoms with Crippen LogP contribution in [0.25, 0.3) is 0 Å². The van der Waals surface area contributed by atoms with Gasteiger partial charge < -0.3 is 15.2 Å². The summed E-state index contributed by atoms with van der Waals surface area (Å²) in [6, 6.07) is 6.36. The maximum atomic E-state index is 13.4. The highest BCUT2D eigenvalue weighted by Gasteiger charge is 2.33. The molecule has 1 saturated heterocycles. The third-order valence-electron chi connectivity index (χ3n) is 3.35. The van der Waals surface area contributed by atoms with Gasteiger partial charge in [0, 0.05) is 18.1 Å². The monoisotopic (exact) mass is 299 g/mol. The molecule has 1 amide bonds. The molecule has 0 aromatic heterocycles. The summed E-state index contributed by atoms with van der Waals surface area (Å²) in [6.45, 7) is 0.953. The number of aliphatic hydroxyl groups is 1. The third kappa shape index (κ3) is 3.94. The minimum Gasteiger partial charge on any atom is -0.394 e. The first-order chi connectivity index (χ1) is 9.65. The van der Waals surface area contributed by atoms with Crippen molar-refractivity contribution in [2.24, 2.45) is 0 Å². The normalized spacial score (nSPS) is 17.7. The molecule has 110 valence electrons. The van der Waals surface area contributed by atoms with E-state index in [1.54, 1.807) is 18.2 Å². The van der Waals surface area contributed by atoms with Gasteiger partial charge in [0.2, 0.25) is 5.91 Å². The van der Waals surface area contributed by atoms with Gasteiger partial charge in [-0.1, -0.05) is 12.1 Å². The average Bonchev–Trinajstić information content (AvgIpc) is 2.47. The van der Waals surface area contributed by atoms with Crippen LogP contribution in [0.1, 0.15) is 12.8 Å². The quantitative estimate of drug-likeness (QED) is 0.811. The summed E-state index contributed by atoms with van der Waals surface area (Å²) >= 11 is 1.15. The van der Waals surface area contributed by atoms with Crippen molar-refractivity contribution in [3.05, 3.63) is 30.1 Å². The largest absolute Gasteiger partial charge is 0.394 e. The van der Waals surface area contributed by atoms with Gasteiger partial charge in [0.15, 0.2) is 0 Å². The van der Waals surface area contributed by atoms with Gasteiger partial charge in [-0.25, -0.2) is 4.39 Å². The summed E-state index contributed by atoms with van der Waals surface area (Å²) in [5, 5.41) is 12.3. The lowest BCUT2D eigenvalue weighted by Gasteiger charge is -2.36. The Morgan fingerprint density at radius 3 is 2.75 bits per heavy atom. The van der Waals surface area contributed by atoms with E-state index >= 15 is 0 Å². The summed E-state index contributed by atoms with van der Waals surface area (Å²) in [7, 11) is 0. The number of rotatable bonds is 5. The van der Waals surface area contributed by atoms with Crippen LogP contribution in [0.4, 0.5) is 4.39 Å². The van der Waals surface area contributed by atoms with Crippen LogP contribution in [0.5, 0.6) is 0 Å². The van der Waals surface area contributed by atoms with Crippen LogP contribution in [0.15, 0.2) is 29.2 Å². The number of amides is 1. The fraction of sp³-hybridized carbons (Fsp3) is 0.500. The zero-order valence-electron chi connectivity index (χ0n) is 11.1. The van der Waals surface area contributed by atoms with E-state index in [4.69, 9.17) is 4.74 Å². The molecule has 2 rings (SSSR count). The van der Waals surface area contributed by atoms with Crippen molar-refractivity contribution in [1.29, 1.82) is 0 Å². The zero-order chi connectivity index (χ0) is 14.4. The van der Waals surface area contributed by atoms with Gasteiger partial charge in [0.05, 0.1) is 17.9 Å². The molecule has 2 N–H and O–H groups in total. The zero-order valence-corrected chi connectivity index (χ0v) is 11.9. The van der Waals surface area contributed by atoms with Crippen molar-refractivity contribution in [2.45, 2.75) is 23.3 Å². The molecule has 6 heteroatoms. The fourth-order valence-electron chi connectivity index (χ4n) is 2.12. The number of ether oxygens (including phenoxy) is 1. The summed E-state index contributed by atoms with van der Waals surface area (Å²) in [5.74, 6) is -0.397.